The van der Waals surface area contributed by atoms with Gasteiger partial charge in [-0.2, -0.15) is 5.26 Å². The summed E-state index contributed by atoms with van der Waals surface area (Å²) in [6, 6.07) is 2.09. The summed E-state index contributed by atoms with van der Waals surface area (Å²) < 4.78 is 0. The first-order valence-electron chi connectivity index (χ1n) is 11.8. The van der Waals surface area contributed by atoms with Gasteiger partial charge < -0.3 is 15.3 Å². The molecule has 1 aromatic heterocycles. The Labute approximate surface area is 194 Å². The minimum Gasteiger partial charge on any atom is -0.392 e. The van der Waals surface area contributed by atoms with Gasteiger partial charge >= 0.3 is 0 Å². The monoisotopic (exact) mass is 458 g/mol. The average molecular weight is 459 g/mol. The van der Waals surface area contributed by atoms with Crippen LogP contribution in [0.5, 0.6) is 0 Å². The zero-order chi connectivity index (χ0) is 23.2. The Morgan fingerprint density at radius 1 is 1.41 bits per heavy atom. The van der Waals surface area contributed by atoms with Crippen LogP contribution in [0.4, 0.5) is 5.13 Å². The number of anilines is 1. The van der Waals surface area contributed by atoms with E-state index < -0.39 is 6.10 Å². The fourth-order valence-electron chi connectivity index (χ4n) is 6.01. The van der Waals surface area contributed by atoms with Crippen LogP contribution < -0.4 is 5.32 Å². The number of aliphatic hydroxyl groups is 1. The molecule has 6 atom stereocenters. The molecule has 2 saturated carbocycles. The summed E-state index contributed by atoms with van der Waals surface area (Å²) in [5.74, 6) is -0.125. The van der Waals surface area contributed by atoms with Gasteiger partial charge in [0.2, 0.25) is 11.8 Å². The Hall–Kier alpha value is -1.98. The molecule has 3 aliphatic rings. The smallest absolute Gasteiger partial charge is 0.229 e. The van der Waals surface area contributed by atoms with Gasteiger partial charge in [0.1, 0.15) is 0 Å². The van der Waals surface area contributed by atoms with Crippen LogP contribution in [0.3, 0.4) is 0 Å². The SMILES string of the molecule is C[C@H](C(=O)N(C)CCC#N)[C@H]1CC[C@]2(C)Cc3sc(NC(=O)C4CC4)nc3[C@H](C)[C@@H]2[C@H]1O. The van der Waals surface area contributed by atoms with Crippen LogP contribution in [0.2, 0.25) is 0 Å². The first kappa shape index (κ1) is 23.2. The van der Waals surface area contributed by atoms with Crippen molar-refractivity contribution in [1.29, 1.82) is 5.26 Å². The number of carbonyl (C=O) groups excluding carboxylic acids is 2. The van der Waals surface area contributed by atoms with Gasteiger partial charge in [-0.15, -0.1) is 11.3 Å². The number of fused-ring (bicyclic) bond motifs is 2. The van der Waals surface area contributed by atoms with Crippen LogP contribution >= 0.6 is 11.3 Å². The van der Waals surface area contributed by atoms with Crippen LogP contribution in [0.15, 0.2) is 0 Å². The number of hydrogen-bond acceptors (Lipinski definition) is 6. The molecule has 0 saturated heterocycles. The quantitative estimate of drug-likeness (QED) is 0.678. The molecule has 4 rings (SSSR count). The van der Waals surface area contributed by atoms with Gasteiger partial charge in [0, 0.05) is 36.2 Å². The number of nitrogens with one attached hydrogen (secondary N) is 1. The second-order valence-electron chi connectivity index (χ2n) is 10.4. The summed E-state index contributed by atoms with van der Waals surface area (Å²) in [4.78, 5) is 32.7. The first-order valence-corrected chi connectivity index (χ1v) is 12.6. The molecule has 1 heterocycles. The number of nitrogens with zero attached hydrogens (tertiary/aromatic N) is 3. The highest BCUT2D eigenvalue weighted by Gasteiger charge is 2.54. The minimum atomic E-state index is -0.591. The Morgan fingerprint density at radius 3 is 2.78 bits per heavy atom. The van der Waals surface area contributed by atoms with E-state index in [1.165, 1.54) is 4.88 Å². The van der Waals surface area contributed by atoms with Gasteiger partial charge in [-0.3, -0.25) is 9.59 Å². The average Bonchev–Trinajstić information content (AvgIpc) is 3.52. The molecule has 0 bridgehead atoms. The number of nitriles is 1. The molecular formula is C24H34N4O3S. The van der Waals surface area contributed by atoms with E-state index >= 15 is 0 Å². The maximum Gasteiger partial charge on any atom is 0.229 e. The summed E-state index contributed by atoms with van der Waals surface area (Å²) in [5, 5.41) is 24.0. The zero-order valence-electron chi connectivity index (χ0n) is 19.4. The minimum absolute atomic E-state index is 0.00390. The molecule has 0 unspecified atom stereocenters. The number of rotatable bonds is 6. The number of aromatic nitrogens is 1. The lowest BCUT2D eigenvalue weighted by Gasteiger charge is -2.53. The molecular weight excluding hydrogens is 424 g/mol. The van der Waals surface area contributed by atoms with Crippen LogP contribution in [-0.2, 0) is 16.0 Å². The number of thiazole rings is 1. The Bertz CT molecular complexity index is 936. The molecule has 174 valence electrons. The summed E-state index contributed by atoms with van der Waals surface area (Å²) in [7, 11) is 1.73. The lowest BCUT2D eigenvalue weighted by atomic mass is 9.53. The Morgan fingerprint density at radius 2 is 2.12 bits per heavy atom. The second kappa shape index (κ2) is 8.75. The molecule has 2 N–H and O–H groups in total. The van der Waals surface area contributed by atoms with Crippen molar-refractivity contribution in [2.45, 2.75) is 71.3 Å². The molecule has 2 fully saturated rings. The van der Waals surface area contributed by atoms with E-state index in [0.29, 0.717) is 18.1 Å². The summed E-state index contributed by atoms with van der Waals surface area (Å²) in [5.41, 5.74) is 0.940. The molecule has 8 heteroatoms. The highest BCUT2D eigenvalue weighted by Crippen LogP contribution is 2.57. The number of aliphatic hydroxyl groups excluding tert-OH is 1. The van der Waals surface area contributed by atoms with Crippen molar-refractivity contribution in [2.75, 3.05) is 18.9 Å². The third kappa shape index (κ3) is 4.17. The van der Waals surface area contributed by atoms with Gasteiger partial charge in [-0.1, -0.05) is 20.8 Å². The normalized spacial score (nSPS) is 32.2. The first-order chi connectivity index (χ1) is 15.2. The number of carbonyl (C=O) groups is 2. The maximum atomic E-state index is 12.9. The standard InChI is InChI=1S/C24H34N4O3S/c1-13(22(31)28(4)11-5-10-25)16-8-9-24(3)12-17-19(14(2)18(24)20(16)29)26-23(32-17)27-21(30)15-6-7-15/h13-16,18,20,29H,5-9,11-12H2,1-4H3,(H,26,27,30)/t13-,14+,16+,18+,20-,24+/m0/s1. The number of hydrogen-bond donors (Lipinski definition) is 2. The van der Waals surface area contributed by atoms with Crippen molar-refractivity contribution in [2.24, 2.45) is 29.1 Å². The van der Waals surface area contributed by atoms with Gasteiger partial charge in [-0.05, 0) is 49.4 Å². The molecule has 0 aromatic carbocycles. The van der Waals surface area contributed by atoms with E-state index in [1.54, 1.807) is 23.3 Å². The highest BCUT2D eigenvalue weighted by molar-refractivity contribution is 7.15. The van der Waals surface area contributed by atoms with Crippen molar-refractivity contribution in [3.05, 3.63) is 10.6 Å². The summed E-state index contributed by atoms with van der Waals surface area (Å²) in [6.45, 7) is 6.71. The molecule has 7 nitrogen and oxygen atoms in total. The molecule has 2 amide bonds. The lowest BCUT2D eigenvalue weighted by molar-refractivity contribution is -0.143. The number of amides is 2. The van der Waals surface area contributed by atoms with E-state index in [9.17, 15) is 14.7 Å². The van der Waals surface area contributed by atoms with Gasteiger partial charge in [0.05, 0.1) is 24.3 Å². The second-order valence-corrected chi connectivity index (χ2v) is 11.5. The van der Waals surface area contributed by atoms with Crippen molar-refractivity contribution in [1.82, 2.24) is 9.88 Å². The van der Waals surface area contributed by atoms with Crippen LogP contribution in [0.1, 0.15) is 69.4 Å². The summed E-state index contributed by atoms with van der Waals surface area (Å²) >= 11 is 1.58. The van der Waals surface area contributed by atoms with Crippen LogP contribution in [0, 0.1) is 40.4 Å². The van der Waals surface area contributed by atoms with Gasteiger partial charge in [0.25, 0.3) is 0 Å². The largest absolute Gasteiger partial charge is 0.392 e. The molecule has 1 aromatic rings. The van der Waals surface area contributed by atoms with Crippen LogP contribution in [-0.4, -0.2) is 46.5 Å². The van der Waals surface area contributed by atoms with Crippen molar-refractivity contribution in [3.8, 4) is 6.07 Å². The van der Waals surface area contributed by atoms with Crippen molar-refractivity contribution in [3.63, 3.8) is 0 Å². The third-order valence-electron chi connectivity index (χ3n) is 8.07. The summed E-state index contributed by atoms with van der Waals surface area (Å²) in [6.07, 6.45) is 4.25. The van der Waals surface area contributed by atoms with E-state index in [-0.39, 0.29) is 46.8 Å². The van der Waals surface area contributed by atoms with Gasteiger partial charge in [-0.25, -0.2) is 4.98 Å². The predicted octanol–water partition coefficient (Wildman–Crippen LogP) is 3.55. The predicted molar refractivity (Wildman–Crippen MR) is 123 cm³/mol. The molecule has 32 heavy (non-hydrogen) atoms. The highest BCUT2D eigenvalue weighted by atomic mass is 32.1. The van der Waals surface area contributed by atoms with E-state index in [0.717, 1.165) is 37.8 Å². The molecule has 0 spiro atoms. The van der Waals surface area contributed by atoms with Crippen molar-refractivity contribution < 1.29 is 14.7 Å². The Balaban J connectivity index is 1.52. The van der Waals surface area contributed by atoms with E-state index in [2.05, 4.69) is 25.2 Å². The van der Waals surface area contributed by atoms with E-state index in [4.69, 9.17) is 10.2 Å². The van der Waals surface area contributed by atoms with Gasteiger partial charge in [0.15, 0.2) is 5.13 Å². The van der Waals surface area contributed by atoms with Crippen LogP contribution in [0.25, 0.3) is 0 Å². The van der Waals surface area contributed by atoms with Crippen molar-refractivity contribution >= 4 is 28.3 Å². The Kier molecular flexibility index (Phi) is 6.34. The molecule has 0 aliphatic heterocycles. The topological polar surface area (TPSA) is 106 Å². The maximum absolute atomic E-state index is 12.9. The van der Waals surface area contributed by atoms with E-state index in [1.807, 2.05) is 6.92 Å². The fraction of sp³-hybridized carbons (Fsp3) is 0.750. The third-order valence-corrected chi connectivity index (χ3v) is 9.05. The molecule has 3 aliphatic carbocycles. The fourth-order valence-corrected chi connectivity index (χ4v) is 7.28. The lowest BCUT2D eigenvalue weighted by Crippen LogP contribution is -2.53. The zero-order valence-corrected chi connectivity index (χ0v) is 20.2. The molecule has 0 radical (unpaired) electrons.